The van der Waals surface area contributed by atoms with Crippen molar-refractivity contribution in [3.8, 4) is 0 Å². The third kappa shape index (κ3) is 39.3. The van der Waals surface area contributed by atoms with Crippen LogP contribution in [-0.4, -0.2) is 91.9 Å². The van der Waals surface area contributed by atoms with E-state index in [1.165, 1.54) is 103 Å². The molecule has 0 aliphatic carbocycles. The summed E-state index contributed by atoms with van der Waals surface area (Å²) < 4.78 is 38.4. The molecular weight excluding hydrogens is 560 g/mol. The van der Waals surface area contributed by atoms with Gasteiger partial charge >= 0.3 is 5.97 Å². The maximum Gasteiger partial charge on any atom is 0.305 e. The lowest BCUT2D eigenvalue weighted by Crippen LogP contribution is -2.15. The molecule has 0 N–H and O–H groups in total. The van der Waals surface area contributed by atoms with Crippen LogP contribution in [-0.2, 0) is 38.0 Å². The predicted octanol–water partition coefficient (Wildman–Crippen LogP) is 8.47. The fourth-order valence-electron chi connectivity index (χ4n) is 4.76. The molecule has 0 aromatic rings. The van der Waals surface area contributed by atoms with Crippen molar-refractivity contribution < 1.29 is 38.0 Å². The molecule has 0 aliphatic rings. The summed E-state index contributed by atoms with van der Waals surface area (Å²) in [6, 6.07) is 0. The Labute approximate surface area is 271 Å². The van der Waals surface area contributed by atoms with E-state index in [1.807, 2.05) is 0 Å². The van der Waals surface area contributed by atoms with Gasteiger partial charge < -0.3 is 33.2 Å². The van der Waals surface area contributed by atoms with Crippen molar-refractivity contribution in [1.29, 1.82) is 0 Å². The molecule has 0 radical (unpaired) electrons. The van der Waals surface area contributed by atoms with Crippen molar-refractivity contribution in [3.05, 3.63) is 0 Å². The Morgan fingerprint density at radius 3 is 0.955 bits per heavy atom. The highest BCUT2D eigenvalue weighted by molar-refractivity contribution is 5.69. The van der Waals surface area contributed by atoms with Crippen molar-refractivity contribution in [1.82, 2.24) is 0 Å². The minimum atomic E-state index is -0.124. The topological polar surface area (TPSA) is 81.7 Å². The van der Waals surface area contributed by atoms with Crippen molar-refractivity contribution in [2.24, 2.45) is 0 Å². The van der Waals surface area contributed by atoms with Crippen molar-refractivity contribution in [2.45, 2.75) is 142 Å². The first kappa shape index (κ1) is 43.2. The van der Waals surface area contributed by atoms with E-state index in [2.05, 4.69) is 13.8 Å². The highest BCUT2D eigenvalue weighted by Gasteiger charge is 2.03. The summed E-state index contributed by atoms with van der Waals surface area (Å²) in [6.07, 6.45) is 25.1. The number of carbonyl (C=O) groups is 1. The smallest absolute Gasteiger partial charge is 0.305 e. The summed E-state index contributed by atoms with van der Waals surface area (Å²) in [6.45, 7) is 11.5. The van der Waals surface area contributed by atoms with Crippen LogP contribution in [0.4, 0.5) is 0 Å². The Kier molecular flexibility index (Phi) is 39.5. The predicted molar refractivity (Wildman–Crippen MR) is 180 cm³/mol. The van der Waals surface area contributed by atoms with Gasteiger partial charge in [-0.05, 0) is 12.8 Å². The Bertz CT molecular complexity index is 534. The fourth-order valence-corrected chi connectivity index (χ4v) is 4.76. The quantitative estimate of drug-likeness (QED) is 0.0493. The van der Waals surface area contributed by atoms with E-state index in [0.717, 1.165) is 25.9 Å². The number of unbranched alkanes of at least 4 members (excludes halogenated alkanes) is 17. The lowest BCUT2D eigenvalue weighted by atomic mass is 10.1. The summed E-state index contributed by atoms with van der Waals surface area (Å²) in [5, 5.41) is 0. The fraction of sp³-hybridized carbons (Fsp3) is 0.972. The molecule has 0 atom stereocenters. The first-order valence-electron chi connectivity index (χ1n) is 18.4. The molecule has 8 heteroatoms. The Balaban J connectivity index is 3.11. The average molecular weight is 633 g/mol. The zero-order valence-corrected chi connectivity index (χ0v) is 29.1. The van der Waals surface area contributed by atoms with Gasteiger partial charge in [0.05, 0.1) is 72.7 Å². The molecule has 0 spiro atoms. The van der Waals surface area contributed by atoms with Crippen LogP contribution in [0.25, 0.3) is 0 Å². The van der Waals surface area contributed by atoms with Gasteiger partial charge in [-0.2, -0.15) is 0 Å². The molecular formula is C36H72O8. The zero-order chi connectivity index (χ0) is 31.9. The van der Waals surface area contributed by atoms with E-state index >= 15 is 0 Å². The number of carbonyl (C=O) groups excluding carboxylic acids is 1. The Morgan fingerprint density at radius 1 is 0.318 bits per heavy atom. The maximum atomic E-state index is 11.8. The second-order valence-electron chi connectivity index (χ2n) is 11.7. The van der Waals surface area contributed by atoms with Gasteiger partial charge in [0.2, 0.25) is 0 Å². The summed E-state index contributed by atoms with van der Waals surface area (Å²) >= 11 is 0. The largest absolute Gasteiger partial charge is 0.463 e. The molecule has 0 amide bonds. The van der Waals surface area contributed by atoms with Crippen LogP contribution in [0.3, 0.4) is 0 Å². The summed E-state index contributed by atoms with van der Waals surface area (Å²) in [4.78, 5) is 11.8. The van der Waals surface area contributed by atoms with E-state index < -0.39 is 0 Å². The molecule has 0 saturated carbocycles. The van der Waals surface area contributed by atoms with Crippen LogP contribution >= 0.6 is 0 Å². The molecule has 8 nitrogen and oxygen atoms in total. The summed E-state index contributed by atoms with van der Waals surface area (Å²) in [7, 11) is 0. The molecule has 0 aromatic carbocycles. The first-order valence-corrected chi connectivity index (χ1v) is 18.4. The number of hydrogen-bond acceptors (Lipinski definition) is 8. The minimum Gasteiger partial charge on any atom is -0.463 e. The summed E-state index contributed by atoms with van der Waals surface area (Å²) in [5.74, 6) is -0.124. The van der Waals surface area contributed by atoms with Crippen LogP contribution in [0, 0.1) is 0 Å². The minimum absolute atomic E-state index is 0.124. The van der Waals surface area contributed by atoms with Crippen LogP contribution < -0.4 is 0 Å². The van der Waals surface area contributed by atoms with Gasteiger partial charge in [-0.1, -0.05) is 123 Å². The highest BCUT2D eigenvalue weighted by Crippen LogP contribution is 2.11. The molecule has 0 aromatic heterocycles. The van der Waals surface area contributed by atoms with Crippen LogP contribution in [0.15, 0.2) is 0 Å². The van der Waals surface area contributed by atoms with E-state index in [-0.39, 0.29) is 5.97 Å². The molecule has 0 heterocycles. The van der Waals surface area contributed by atoms with Crippen molar-refractivity contribution in [2.75, 3.05) is 85.9 Å². The third-order valence-corrected chi connectivity index (χ3v) is 7.48. The van der Waals surface area contributed by atoms with E-state index in [4.69, 9.17) is 33.2 Å². The molecule has 0 fully saturated rings. The van der Waals surface area contributed by atoms with E-state index in [0.29, 0.717) is 85.7 Å². The second-order valence-corrected chi connectivity index (χ2v) is 11.7. The molecule has 44 heavy (non-hydrogen) atoms. The SMILES string of the molecule is CCCCCCCCCCCCOCCOCCOCCOCCOCCOCCOC(=O)CCCCCCCCCCC. The Hall–Kier alpha value is -0.770. The van der Waals surface area contributed by atoms with Gasteiger partial charge in [-0.15, -0.1) is 0 Å². The monoisotopic (exact) mass is 633 g/mol. The van der Waals surface area contributed by atoms with Gasteiger partial charge in [0.1, 0.15) is 6.61 Å². The lowest BCUT2D eigenvalue weighted by molar-refractivity contribution is -0.145. The third-order valence-electron chi connectivity index (χ3n) is 7.48. The Morgan fingerprint density at radius 2 is 0.591 bits per heavy atom. The van der Waals surface area contributed by atoms with Crippen molar-refractivity contribution in [3.63, 3.8) is 0 Å². The number of rotatable bonds is 39. The molecule has 0 saturated heterocycles. The number of hydrogen-bond donors (Lipinski definition) is 0. The van der Waals surface area contributed by atoms with E-state index in [9.17, 15) is 4.79 Å². The first-order chi connectivity index (χ1) is 21.8. The van der Waals surface area contributed by atoms with Gasteiger partial charge in [-0.25, -0.2) is 0 Å². The molecule has 0 bridgehead atoms. The average Bonchev–Trinajstić information content (AvgIpc) is 3.03. The standard InChI is InChI=1S/C36H72O8/c1-3-5-7-9-11-13-15-17-19-21-23-38-24-25-39-26-27-40-28-29-41-30-31-42-32-33-43-34-35-44-36(37)22-20-18-16-14-12-10-8-6-4-2/h3-35H2,1-2H3. The normalized spacial score (nSPS) is 11.4. The zero-order valence-electron chi connectivity index (χ0n) is 29.1. The van der Waals surface area contributed by atoms with Gasteiger partial charge in [-0.3, -0.25) is 4.79 Å². The van der Waals surface area contributed by atoms with Crippen molar-refractivity contribution >= 4 is 5.97 Å². The van der Waals surface area contributed by atoms with Gasteiger partial charge in [0.15, 0.2) is 0 Å². The molecule has 264 valence electrons. The lowest BCUT2D eigenvalue weighted by Gasteiger charge is -2.08. The number of esters is 1. The summed E-state index contributed by atoms with van der Waals surface area (Å²) in [5.41, 5.74) is 0. The highest BCUT2D eigenvalue weighted by atomic mass is 16.6. The maximum absolute atomic E-state index is 11.8. The second kappa shape index (κ2) is 40.3. The van der Waals surface area contributed by atoms with Crippen LogP contribution in [0.5, 0.6) is 0 Å². The van der Waals surface area contributed by atoms with Crippen LogP contribution in [0.1, 0.15) is 142 Å². The van der Waals surface area contributed by atoms with Crippen LogP contribution in [0.2, 0.25) is 0 Å². The van der Waals surface area contributed by atoms with E-state index in [1.54, 1.807) is 0 Å². The molecule has 0 rings (SSSR count). The van der Waals surface area contributed by atoms with Gasteiger partial charge in [0, 0.05) is 13.0 Å². The molecule has 0 unspecified atom stereocenters. The van der Waals surface area contributed by atoms with Gasteiger partial charge in [0.25, 0.3) is 0 Å². The number of ether oxygens (including phenoxy) is 7. The molecule has 0 aliphatic heterocycles.